The Labute approximate surface area is 114 Å². The summed E-state index contributed by atoms with van der Waals surface area (Å²) >= 11 is 0. The molecule has 0 spiro atoms. The van der Waals surface area contributed by atoms with Crippen molar-refractivity contribution in [3.05, 3.63) is 35.3 Å². The van der Waals surface area contributed by atoms with Crippen LogP contribution in [0.2, 0.25) is 0 Å². The van der Waals surface area contributed by atoms with Gasteiger partial charge >= 0.3 is 0 Å². The van der Waals surface area contributed by atoms with Crippen molar-refractivity contribution >= 4 is 11.7 Å². The highest BCUT2D eigenvalue weighted by Gasteiger charge is 2.15. The molecule has 0 aliphatic carbocycles. The van der Waals surface area contributed by atoms with Crippen molar-refractivity contribution in [2.45, 2.75) is 6.92 Å². The van der Waals surface area contributed by atoms with E-state index in [1.807, 2.05) is 0 Å². The second kappa shape index (κ2) is 5.12. The normalized spacial score (nSPS) is 10.3. The molecular formula is C13H13FN4O2. The van der Waals surface area contributed by atoms with Crippen LogP contribution in [0.4, 0.5) is 10.2 Å². The second-order valence-electron chi connectivity index (χ2n) is 4.11. The lowest BCUT2D eigenvalue weighted by Crippen LogP contribution is -2.17. The fraction of sp³-hybridized carbons (Fsp3) is 0.154. The van der Waals surface area contributed by atoms with Crippen LogP contribution in [0.3, 0.4) is 0 Å². The molecule has 1 heterocycles. The first-order valence-electron chi connectivity index (χ1n) is 5.72. The van der Waals surface area contributed by atoms with Gasteiger partial charge in [-0.1, -0.05) is 0 Å². The molecule has 7 heteroatoms. The predicted octanol–water partition coefficient (Wildman–Crippen LogP) is 1.28. The Morgan fingerprint density at radius 3 is 2.60 bits per heavy atom. The molecule has 0 aliphatic heterocycles. The molecule has 0 fully saturated rings. The highest BCUT2D eigenvalue weighted by molar-refractivity contribution is 5.98. The van der Waals surface area contributed by atoms with Gasteiger partial charge in [0.05, 0.1) is 12.8 Å². The van der Waals surface area contributed by atoms with Crippen LogP contribution in [0.15, 0.2) is 18.2 Å². The standard InChI is InChI=1S/C13H13FN4O2/c1-6-10(12(16)19)11(15)18-13(17-6)7-3-4-8(14)9(5-7)20-2/h3-5H,1-2H3,(H2,16,19)(H2,15,17,18). The van der Waals surface area contributed by atoms with Crippen LogP contribution < -0.4 is 16.2 Å². The van der Waals surface area contributed by atoms with Crippen LogP contribution in [0.1, 0.15) is 16.1 Å². The van der Waals surface area contributed by atoms with E-state index in [0.29, 0.717) is 11.3 Å². The number of nitrogen functional groups attached to an aromatic ring is 1. The average molecular weight is 276 g/mol. The Hall–Kier alpha value is -2.70. The van der Waals surface area contributed by atoms with Crippen molar-refractivity contribution in [2.75, 3.05) is 12.8 Å². The molecule has 20 heavy (non-hydrogen) atoms. The summed E-state index contributed by atoms with van der Waals surface area (Å²) in [6.45, 7) is 1.60. The summed E-state index contributed by atoms with van der Waals surface area (Å²) in [5, 5.41) is 0. The van der Waals surface area contributed by atoms with Crippen LogP contribution in [-0.2, 0) is 0 Å². The van der Waals surface area contributed by atoms with Gasteiger partial charge in [-0.15, -0.1) is 0 Å². The van der Waals surface area contributed by atoms with Crippen LogP contribution >= 0.6 is 0 Å². The van der Waals surface area contributed by atoms with Crippen LogP contribution in [0, 0.1) is 12.7 Å². The summed E-state index contributed by atoms with van der Waals surface area (Å²) in [4.78, 5) is 19.4. The number of hydrogen-bond acceptors (Lipinski definition) is 5. The molecule has 2 aromatic rings. The SMILES string of the molecule is COc1cc(-c2nc(C)c(C(N)=O)c(N)n2)ccc1F. The van der Waals surface area contributed by atoms with Crippen molar-refractivity contribution in [3.8, 4) is 17.1 Å². The van der Waals surface area contributed by atoms with E-state index < -0.39 is 11.7 Å². The molecule has 104 valence electrons. The van der Waals surface area contributed by atoms with Crippen LogP contribution in [0.5, 0.6) is 5.75 Å². The van der Waals surface area contributed by atoms with Gasteiger partial charge in [0.15, 0.2) is 17.4 Å². The lowest BCUT2D eigenvalue weighted by Gasteiger charge is -2.09. The Balaban J connectivity index is 2.57. The summed E-state index contributed by atoms with van der Waals surface area (Å²) < 4.78 is 18.3. The van der Waals surface area contributed by atoms with Crippen molar-refractivity contribution in [2.24, 2.45) is 5.73 Å². The van der Waals surface area contributed by atoms with E-state index in [4.69, 9.17) is 16.2 Å². The number of aryl methyl sites for hydroxylation is 1. The Morgan fingerprint density at radius 2 is 2.05 bits per heavy atom. The van der Waals surface area contributed by atoms with Crippen molar-refractivity contribution in [1.29, 1.82) is 0 Å². The summed E-state index contributed by atoms with van der Waals surface area (Å²) in [7, 11) is 1.36. The second-order valence-corrected chi connectivity index (χ2v) is 4.11. The van der Waals surface area contributed by atoms with Gasteiger partial charge in [-0.3, -0.25) is 4.79 Å². The first-order valence-corrected chi connectivity index (χ1v) is 5.72. The van der Waals surface area contributed by atoms with Crippen LogP contribution in [-0.4, -0.2) is 23.0 Å². The molecule has 0 radical (unpaired) electrons. The van der Waals surface area contributed by atoms with E-state index in [0.717, 1.165) is 0 Å². The summed E-state index contributed by atoms with van der Waals surface area (Å²) in [6, 6.07) is 4.19. The number of anilines is 1. The van der Waals surface area contributed by atoms with Gasteiger partial charge in [0, 0.05) is 5.56 Å². The van der Waals surface area contributed by atoms with Gasteiger partial charge in [0.1, 0.15) is 11.4 Å². The van der Waals surface area contributed by atoms with Crippen molar-refractivity contribution in [3.63, 3.8) is 0 Å². The third-order valence-corrected chi connectivity index (χ3v) is 2.77. The minimum Gasteiger partial charge on any atom is -0.494 e. The number of rotatable bonds is 3. The number of primary amides is 1. The van der Waals surface area contributed by atoms with E-state index in [1.54, 1.807) is 6.92 Å². The molecule has 1 aromatic carbocycles. The topological polar surface area (TPSA) is 104 Å². The Kier molecular flexibility index (Phi) is 3.51. The molecule has 0 saturated heterocycles. The Morgan fingerprint density at radius 1 is 1.35 bits per heavy atom. The van der Waals surface area contributed by atoms with Crippen molar-refractivity contribution in [1.82, 2.24) is 9.97 Å². The zero-order valence-corrected chi connectivity index (χ0v) is 11.0. The van der Waals surface area contributed by atoms with E-state index in [-0.39, 0.29) is 23.0 Å². The summed E-state index contributed by atoms with van der Waals surface area (Å²) in [5.41, 5.74) is 11.9. The van der Waals surface area contributed by atoms with Crippen molar-refractivity contribution < 1.29 is 13.9 Å². The maximum atomic E-state index is 13.4. The molecule has 0 saturated carbocycles. The number of nitrogens with two attached hydrogens (primary N) is 2. The molecule has 1 amide bonds. The fourth-order valence-electron chi connectivity index (χ4n) is 1.83. The first kappa shape index (κ1) is 13.7. The van der Waals surface area contributed by atoms with Crippen LogP contribution in [0.25, 0.3) is 11.4 Å². The quantitative estimate of drug-likeness (QED) is 0.878. The number of hydrogen-bond donors (Lipinski definition) is 2. The summed E-state index contributed by atoms with van der Waals surface area (Å²) in [6.07, 6.45) is 0. The number of amides is 1. The third-order valence-electron chi connectivity index (χ3n) is 2.77. The molecule has 0 unspecified atom stereocenters. The Bertz CT molecular complexity index is 665. The number of halogens is 1. The van der Waals surface area contributed by atoms with E-state index in [1.165, 1.54) is 25.3 Å². The zero-order chi connectivity index (χ0) is 14.9. The minimum absolute atomic E-state index is 0.0108. The number of aromatic nitrogens is 2. The highest BCUT2D eigenvalue weighted by Crippen LogP contribution is 2.25. The predicted molar refractivity (Wildman–Crippen MR) is 71.6 cm³/mol. The number of carbonyl (C=O) groups is 1. The first-order chi connectivity index (χ1) is 9.43. The van der Waals surface area contributed by atoms with Gasteiger partial charge in [0.25, 0.3) is 5.91 Å². The fourth-order valence-corrected chi connectivity index (χ4v) is 1.83. The monoisotopic (exact) mass is 276 g/mol. The lowest BCUT2D eigenvalue weighted by atomic mass is 10.1. The van der Waals surface area contributed by atoms with E-state index in [9.17, 15) is 9.18 Å². The zero-order valence-electron chi connectivity index (χ0n) is 11.0. The molecule has 0 aliphatic rings. The molecule has 1 aromatic heterocycles. The molecule has 0 bridgehead atoms. The molecule has 6 nitrogen and oxygen atoms in total. The van der Waals surface area contributed by atoms with E-state index in [2.05, 4.69) is 9.97 Å². The van der Waals surface area contributed by atoms with E-state index >= 15 is 0 Å². The number of methoxy groups -OCH3 is 1. The van der Waals surface area contributed by atoms with Gasteiger partial charge in [-0.2, -0.15) is 0 Å². The highest BCUT2D eigenvalue weighted by atomic mass is 19.1. The van der Waals surface area contributed by atoms with Gasteiger partial charge in [-0.25, -0.2) is 14.4 Å². The maximum absolute atomic E-state index is 13.4. The lowest BCUT2D eigenvalue weighted by molar-refractivity contribution is 0.1000. The number of nitrogens with zero attached hydrogens (tertiary/aromatic N) is 2. The maximum Gasteiger partial charge on any atom is 0.254 e. The molecule has 0 atom stereocenters. The average Bonchev–Trinajstić information content (AvgIpc) is 2.37. The third kappa shape index (κ3) is 2.37. The number of carbonyl (C=O) groups excluding carboxylic acids is 1. The number of benzene rings is 1. The van der Waals surface area contributed by atoms with Gasteiger partial charge in [-0.05, 0) is 25.1 Å². The smallest absolute Gasteiger partial charge is 0.254 e. The largest absolute Gasteiger partial charge is 0.494 e. The molecular weight excluding hydrogens is 263 g/mol. The minimum atomic E-state index is -0.691. The molecule has 2 rings (SSSR count). The summed E-state index contributed by atoms with van der Waals surface area (Å²) in [5.74, 6) is -0.856. The van der Waals surface area contributed by atoms with Gasteiger partial charge < -0.3 is 16.2 Å². The number of ether oxygens (including phenoxy) is 1. The van der Waals surface area contributed by atoms with Gasteiger partial charge in [0.2, 0.25) is 0 Å². The molecule has 4 N–H and O–H groups in total.